The van der Waals surface area contributed by atoms with Crippen LogP contribution in [-0.2, 0) is 0 Å². The summed E-state index contributed by atoms with van der Waals surface area (Å²) in [4.78, 5) is 10.6. The molecule has 6 heteroatoms. The summed E-state index contributed by atoms with van der Waals surface area (Å²) in [6.07, 6.45) is 5.40. The number of nitrogens with zero attached hydrogens (tertiary/aromatic N) is 4. The van der Waals surface area contributed by atoms with Gasteiger partial charge in [0, 0.05) is 31.5 Å². The molecule has 1 saturated heterocycles. The van der Waals surface area contributed by atoms with Crippen LogP contribution in [0.1, 0.15) is 18.4 Å². The number of hydrogen-bond donors (Lipinski definition) is 1. The number of halogens is 1. The zero-order valence-electron chi connectivity index (χ0n) is 12.0. The maximum Gasteiger partial charge on any atom is 0.225 e. The van der Waals surface area contributed by atoms with Crippen LogP contribution in [0.3, 0.4) is 0 Å². The molecule has 1 aliphatic heterocycles. The Hall–Kier alpha value is -2.68. The Morgan fingerprint density at radius 2 is 2.09 bits per heavy atom. The van der Waals surface area contributed by atoms with E-state index in [9.17, 15) is 4.39 Å². The fourth-order valence-corrected chi connectivity index (χ4v) is 2.71. The standard InChI is InChI=1S/C16H16FN5/c17-14-5-1-6-15(13(14)10-18)21-12-4-2-9-22(11-12)16-19-7-3-8-20-16/h1,3,5-8,12,21H,2,4,9,11H2. The maximum absolute atomic E-state index is 13.7. The molecule has 1 fully saturated rings. The van der Waals surface area contributed by atoms with E-state index in [1.54, 1.807) is 30.6 Å². The normalized spacial score (nSPS) is 17.8. The summed E-state index contributed by atoms with van der Waals surface area (Å²) in [6, 6.07) is 8.48. The number of anilines is 2. The van der Waals surface area contributed by atoms with E-state index in [4.69, 9.17) is 5.26 Å². The molecular formula is C16H16FN5. The maximum atomic E-state index is 13.7. The first-order chi connectivity index (χ1) is 10.8. The molecule has 0 saturated carbocycles. The Balaban J connectivity index is 1.74. The van der Waals surface area contributed by atoms with E-state index in [0.29, 0.717) is 11.6 Å². The third kappa shape index (κ3) is 2.98. The lowest BCUT2D eigenvalue weighted by Gasteiger charge is -2.33. The van der Waals surface area contributed by atoms with Gasteiger partial charge in [0.2, 0.25) is 5.95 Å². The van der Waals surface area contributed by atoms with Crippen LogP contribution in [0.2, 0.25) is 0 Å². The highest BCUT2D eigenvalue weighted by Gasteiger charge is 2.22. The van der Waals surface area contributed by atoms with Gasteiger partial charge in [-0.05, 0) is 31.0 Å². The van der Waals surface area contributed by atoms with Gasteiger partial charge in [-0.25, -0.2) is 14.4 Å². The summed E-state index contributed by atoms with van der Waals surface area (Å²) in [5.74, 6) is 0.209. The van der Waals surface area contributed by atoms with Gasteiger partial charge >= 0.3 is 0 Å². The van der Waals surface area contributed by atoms with Gasteiger partial charge in [-0.1, -0.05) is 6.07 Å². The molecule has 0 spiro atoms. The quantitative estimate of drug-likeness (QED) is 0.943. The minimum absolute atomic E-state index is 0.0654. The Bertz CT molecular complexity index is 683. The average Bonchev–Trinajstić information content (AvgIpc) is 2.56. The number of nitrogens with one attached hydrogen (secondary N) is 1. The van der Waals surface area contributed by atoms with Gasteiger partial charge in [0.1, 0.15) is 17.4 Å². The molecular weight excluding hydrogens is 281 g/mol. The SMILES string of the molecule is N#Cc1c(F)cccc1NC1CCCN(c2ncccn2)C1. The first kappa shape index (κ1) is 14.3. The molecule has 2 heterocycles. The van der Waals surface area contributed by atoms with Crippen LogP contribution in [0.4, 0.5) is 16.0 Å². The van der Waals surface area contributed by atoms with Crippen molar-refractivity contribution in [3.05, 3.63) is 48.0 Å². The van der Waals surface area contributed by atoms with E-state index in [-0.39, 0.29) is 11.6 Å². The Morgan fingerprint density at radius 1 is 1.27 bits per heavy atom. The van der Waals surface area contributed by atoms with Crippen LogP contribution >= 0.6 is 0 Å². The van der Waals surface area contributed by atoms with Crippen LogP contribution in [0.25, 0.3) is 0 Å². The Labute approximate surface area is 128 Å². The molecule has 1 aromatic heterocycles. The molecule has 2 aromatic rings. The second kappa shape index (κ2) is 6.39. The van der Waals surface area contributed by atoms with Crippen molar-refractivity contribution in [3.63, 3.8) is 0 Å². The second-order valence-electron chi connectivity index (χ2n) is 5.25. The predicted molar refractivity (Wildman–Crippen MR) is 82.0 cm³/mol. The molecule has 22 heavy (non-hydrogen) atoms. The van der Waals surface area contributed by atoms with Gasteiger partial charge in [0.15, 0.2) is 0 Å². The Kier molecular flexibility index (Phi) is 4.15. The average molecular weight is 297 g/mol. The third-order valence-electron chi connectivity index (χ3n) is 3.74. The fraction of sp³-hybridized carbons (Fsp3) is 0.312. The lowest BCUT2D eigenvalue weighted by atomic mass is 10.0. The summed E-state index contributed by atoms with van der Waals surface area (Å²) in [6.45, 7) is 1.63. The topological polar surface area (TPSA) is 64.8 Å². The van der Waals surface area contributed by atoms with Gasteiger partial charge < -0.3 is 10.2 Å². The van der Waals surface area contributed by atoms with Gasteiger partial charge in [0.25, 0.3) is 0 Å². The molecule has 1 N–H and O–H groups in total. The molecule has 1 aromatic carbocycles. The van der Waals surface area contributed by atoms with Crippen molar-refractivity contribution in [2.24, 2.45) is 0 Å². The molecule has 0 radical (unpaired) electrons. The molecule has 0 bridgehead atoms. The number of hydrogen-bond acceptors (Lipinski definition) is 5. The number of benzene rings is 1. The van der Waals surface area contributed by atoms with Gasteiger partial charge in [-0.15, -0.1) is 0 Å². The monoisotopic (exact) mass is 297 g/mol. The number of rotatable bonds is 3. The smallest absolute Gasteiger partial charge is 0.225 e. The van der Waals surface area contributed by atoms with Crippen LogP contribution in [-0.4, -0.2) is 29.1 Å². The summed E-state index contributed by atoms with van der Waals surface area (Å²) in [5, 5.41) is 12.4. The van der Waals surface area contributed by atoms with Gasteiger partial charge in [-0.2, -0.15) is 5.26 Å². The zero-order valence-corrected chi connectivity index (χ0v) is 12.0. The van der Waals surface area contributed by atoms with Gasteiger partial charge in [-0.3, -0.25) is 0 Å². The van der Waals surface area contributed by atoms with E-state index in [2.05, 4.69) is 20.2 Å². The minimum atomic E-state index is -0.494. The first-order valence-corrected chi connectivity index (χ1v) is 7.25. The van der Waals surface area contributed by atoms with Crippen LogP contribution in [0.15, 0.2) is 36.7 Å². The van der Waals surface area contributed by atoms with Crippen molar-refractivity contribution in [2.45, 2.75) is 18.9 Å². The lowest BCUT2D eigenvalue weighted by Crippen LogP contribution is -2.43. The second-order valence-corrected chi connectivity index (χ2v) is 5.25. The fourth-order valence-electron chi connectivity index (χ4n) is 2.71. The predicted octanol–water partition coefficient (Wildman–Crippen LogP) is 2.57. The molecule has 1 unspecified atom stereocenters. The molecule has 5 nitrogen and oxygen atoms in total. The Morgan fingerprint density at radius 3 is 2.86 bits per heavy atom. The van der Waals surface area contributed by atoms with E-state index < -0.39 is 5.82 Å². The van der Waals surface area contributed by atoms with Crippen molar-refractivity contribution in [3.8, 4) is 6.07 Å². The van der Waals surface area contributed by atoms with Crippen molar-refractivity contribution in [2.75, 3.05) is 23.3 Å². The van der Waals surface area contributed by atoms with Crippen LogP contribution in [0, 0.1) is 17.1 Å². The number of aromatic nitrogens is 2. The molecule has 0 amide bonds. The molecule has 1 aliphatic rings. The molecule has 112 valence electrons. The molecule has 3 rings (SSSR count). The summed E-state index contributed by atoms with van der Waals surface area (Å²) in [7, 11) is 0. The lowest BCUT2D eigenvalue weighted by molar-refractivity contribution is 0.522. The van der Waals surface area contributed by atoms with E-state index in [0.717, 1.165) is 25.9 Å². The number of nitriles is 1. The van der Waals surface area contributed by atoms with Crippen molar-refractivity contribution < 1.29 is 4.39 Å². The van der Waals surface area contributed by atoms with E-state index >= 15 is 0 Å². The van der Waals surface area contributed by atoms with E-state index in [1.165, 1.54) is 6.07 Å². The van der Waals surface area contributed by atoms with Crippen molar-refractivity contribution >= 4 is 11.6 Å². The summed E-state index contributed by atoms with van der Waals surface area (Å²) in [5.41, 5.74) is 0.610. The number of piperidine rings is 1. The highest BCUT2D eigenvalue weighted by atomic mass is 19.1. The van der Waals surface area contributed by atoms with E-state index in [1.807, 2.05) is 6.07 Å². The van der Waals surface area contributed by atoms with Crippen LogP contribution in [0.5, 0.6) is 0 Å². The largest absolute Gasteiger partial charge is 0.379 e. The summed E-state index contributed by atoms with van der Waals surface area (Å²) >= 11 is 0. The highest BCUT2D eigenvalue weighted by Crippen LogP contribution is 2.22. The third-order valence-corrected chi connectivity index (χ3v) is 3.74. The molecule has 0 aliphatic carbocycles. The highest BCUT2D eigenvalue weighted by molar-refractivity contribution is 5.58. The van der Waals surface area contributed by atoms with Crippen LogP contribution < -0.4 is 10.2 Å². The zero-order chi connectivity index (χ0) is 15.4. The summed E-state index contributed by atoms with van der Waals surface area (Å²) < 4.78 is 13.7. The van der Waals surface area contributed by atoms with Gasteiger partial charge in [0.05, 0.1) is 5.69 Å². The minimum Gasteiger partial charge on any atom is -0.379 e. The van der Waals surface area contributed by atoms with Crippen molar-refractivity contribution in [1.82, 2.24) is 9.97 Å². The van der Waals surface area contributed by atoms with Crippen molar-refractivity contribution in [1.29, 1.82) is 5.26 Å². The first-order valence-electron chi connectivity index (χ1n) is 7.25. The molecule has 1 atom stereocenters.